The standard InChI is InChI=1S/C22H20FN5O3/c1-2-28-11-10-18(26-28)21(29)24-16-4-3-5-17(12-16)25-22(30)20-13-19(27-31-20)14-6-8-15(23)9-7-14/h3-12,20H,2,13H2,1H3,(H,24,29)(H,25,30). The zero-order valence-corrected chi connectivity index (χ0v) is 16.7. The van der Waals surface area contributed by atoms with Crippen LogP contribution in [0.15, 0.2) is 65.9 Å². The summed E-state index contributed by atoms with van der Waals surface area (Å²) < 4.78 is 14.7. The van der Waals surface area contributed by atoms with Crippen molar-refractivity contribution in [2.45, 2.75) is 26.0 Å². The minimum absolute atomic E-state index is 0.272. The Hall–Kier alpha value is -4.01. The van der Waals surface area contributed by atoms with Gasteiger partial charge in [-0.15, -0.1) is 0 Å². The van der Waals surface area contributed by atoms with E-state index in [1.54, 1.807) is 53.3 Å². The number of halogens is 1. The van der Waals surface area contributed by atoms with E-state index in [-0.39, 0.29) is 24.1 Å². The maximum Gasteiger partial charge on any atom is 0.276 e. The van der Waals surface area contributed by atoms with Gasteiger partial charge < -0.3 is 15.5 Å². The van der Waals surface area contributed by atoms with Crippen LogP contribution in [0.3, 0.4) is 0 Å². The largest absolute Gasteiger partial charge is 0.382 e. The number of nitrogens with one attached hydrogen (secondary N) is 2. The topological polar surface area (TPSA) is 97.6 Å². The van der Waals surface area contributed by atoms with Crippen molar-refractivity contribution in [1.29, 1.82) is 0 Å². The quantitative estimate of drug-likeness (QED) is 0.637. The number of aryl methyl sites for hydroxylation is 1. The molecule has 0 bridgehead atoms. The van der Waals surface area contributed by atoms with E-state index in [1.807, 2.05) is 6.92 Å². The van der Waals surface area contributed by atoms with Gasteiger partial charge in [0.1, 0.15) is 5.82 Å². The monoisotopic (exact) mass is 421 g/mol. The summed E-state index contributed by atoms with van der Waals surface area (Å²) in [4.78, 5) is 30.2. The summed E-state index contributed by atoms with van der Waals surface area (Å²) in [5.74, 6) is -1.05. The van der Waals surface area contributed by atoms with Gasteiger partial charge in [-0.1, -0.05) is 23.4 Å². The molecule has 8 nitrogen and oxygen atoms in total. The molecule has 0 spiro atoms. The number of oxime groups is 1. The van der Waals surface area contributed by atoms with E-state index in [0.29, 0.717) is 34.9 Å². The number of carbonyl (C=O) groups excluding carboxylic acids is 2. The molecular weight excluding hydrogens is 401 g/mol. The second-order valence-corrected chi connectivity index (χ2v) is 6.92. The molecule has 0 saturated carbocycles. The number of nitrogens with zero attached hydrogens (tertiary/aromatic N) is 3. The van der Waals surface area contributed by atoms with Crippen LogP contribution in [-0.2, 0) is 16.2 Å². The number of hydrogen-bond acceptors (Lipinski definition) is 5. The van der Waals surface area contributed by atoms with E-state index in [2.05, 4.69) is 20.9 Å². The van der Waals surface area contributed by atoms with Crippen LogP contribution in [0.4, 0.5) is 15.8 Å². The first-order valence-corrected chi connectivity index (χ1v) is 9.76. The zero-order valence-electron chi connectivity index (χ0n) is 16.7. The summed E-state index contributed by atoms with van der Waals surface area (Å²) in [5.41, 5.74) is 2.60. The molecule has 0 aliphatic carbocycles. The Balaban J connectivity index is 1.36. The molecule has 31 heavy (non-hydrogen) atoms. The lowest BCUT2D eigenvalue weighted by Gasteiger charge is -2.11. The van der Waals surface area contributed by atoms with E-state index in [0.717, 1.165) is 0 Å². The van der Waals surface area contributed by atoms with Gasteiger partial charge in [0.2, 0.25) is 6.10 Å². The Morgan fingerprint density at radius 2 is 1.87 bits per heavy atom. The molecular formula is C22H20FN5O3. The predicted octanol–water partition coefficient (Wildman–Crippen LogP) is 3.43. The molecule has 4 rings (SSSR count). The van der Waals surface area contributed by atoms with Gasteiger partial charge in [-0.2, -0.15) is 5.10 Å². The van der Waals surface area contributed by atoms with Crippen molar-refractivity contribution in [2.75, 3.05) is 10.6 Å². The van der Waals surface area contributed by atoms with Crippen molar-refractivity contribution in [3.63, 3.8) is 0 Å². The van der Waals surface area contributed by atoms with Gasteiger partial charge in [-0.05, 0) is 48.9 Å². The number of anilines is 2. The highest BCUT2D eigenvalue weighted by atomic mass is 19.1. The maximum atomic E-state index is 13.1. The Morgan fingerprint density at radius 3 is 2.58 bits per heavy atom. The van der Waals surface area contributed by atoms with E-state index >= 15 is 0 Å². The van der Waals surface area contributed by atoms with Crippen LogP contribution >= 0.6 is 0 Å². The van der Waals surface area contributed by atoms with E-state index < -0.39 is 6.10 Å². The fourth-order valence-corrected chi connectivity index (χ4v) is 3.08. The van der Waals surface area contributed by atoms with Gasteiger partial charge in [0.15, 0.2) is 5.69 Å². The Kier molecular flexibility index (Phi) is 5.74. The molecule has 158 valence electrons. The average molecular weight is 421 g/mol. The minimum Gasteiger partial charge on any atom is -0.382 e. The Bertz CT molecular complexity index is 1140. The lowest BCUT2D eigenvalue weighted by atomic mass is 10.0. The maximum absolute atomic E-state index is 13.1. The molecule has 1 aliphatic heterocycles. The first-order chi connectivity index (χ1) is 15.0. The highest BCUT2D eigenvalue weighted by molar-refractivity contribution is 6.06. The fourth-order valence-electron chi connectivity index (χ4n) is 3.08. The van der Waals surface area contributed by atoms with E-state index in [4.69, 9.17) is 4.84 Å². The van der Waals surface area contributed by atoms with Crippen molar-refractivity contribution in [1.82, 2.24) is 9.78 Å². The molecule has 1 aromatic heterocycles. The third-order valence-corrected chi connectivity index (χ3v) is 4.72. The minimum atomic E-state index is -0.795. The summed E-state index contributed by atoms with van der Waals surface area (Å²) in [6.45, 7) is 2.60. The lowest BCUT2D eigenvalue weighted by molar-refractivity contribution is -0.125. The molecule has 2 amide bonds. The first kappa shape index (κ1) is 20.3. The molecule has 0 saturated heterocycles. The molecule has 2 aromatic carbocycles. The Morgan fingerprint density at radius 1 is 1.13 bits per heavy atom. The van der Waals surface area contributed by atoms with Crippen LogP contribution in [0.25, 0.3) is 0 Å². The van der Waals surface area contributed by atoms with Crippen molar-refractivity contribution in [3.8, 4) is 0 Å². The lowest BCUT2D eigenvalue weighted by Crippen LogP contribution is -2.28. The second kappa shape index (κ2) is 8.78. The van der Waals surface area contributed by atoms with Crippen LogP contribution in [-0.4, -0.2) is 33.4 Å². The summed E-state index contributed by atoms with van der Waals surface area (Å²) in [7, 11) is 0. The van der Waals surface area contributed by atoms with Crippen LogP contribution in [0.1, 0.15) is 29.4 Å². The highest BCUT2D eigenvalue weighted by Gasteiger charge is 2.29. The molecule has 9 heteroatoms. The SMILES string of the molecule is CCn1ccc(C(=O)Nc2cccc(NC(=O)C3CC(c4ccc(F)cc4)=NO3)c2)n1. The van der Waals surface area contributed by atoms with Gasteiger partial charge in [0.05, 0.1) is 5.71 Å². The molecule has 1 atom stereocenters. The van der Waals surface area contributed by atoms with Gasteiger partial charge in [0.25, 0.3) is 11.8 Å². The molecule has 1 unspecified atom stereocenters. The summed E-state index contributed by atoms with van der Waals surface area (Å²) in [5, 5.41) is 13.6. The molecule has 2 N–H and O–H groups in total. The smallest absolute Gasteiger partial charge is 0.276 e. The second-order valence-electron chi connectivity index (χ2n) is 6.92. The van der Waals surface area contributed by atoms with Gasteiger partial charge >= 0.3 is 0 Å². The molecule has 3 aromatic rings. The van der Waals surface area contributed by atoms with Crippen LogP contribution < -0.4 is 10.6 Å². The molecule has 2 heterocycles. The zero-order chi connectivity index (χ0) is 21.8. The number of amides is 2. The van der Waals surface area contributed by atoms with Crippen molar-refractivity contribution < 1.29 is 18.8 Å². The fraction of sp³-hybridized carbons (Fsp3) is 0.182. The third-order valence-electron chi connectivity index (χ3n) is 4.72. The Labute approximate surface area is 177 Å². The van der Waals surface area contributed by atoms with E-state index in [9.17, 15) is 14.0 Å². The van der Waals surface area contributed by atoms with Crippen molar-refractivity contribution >= 4 is 28.9 Å². The molecule has 1 aliphatic rings. The summed E-state index contributed by atoms with van der Waals surface area (Å²) in [6.07, 6.45) is 1.21. The number of rotatable bonds is 6. The van der Waals surface area contributed by atoms with E-state index in [1.165, 1.54) is 12.1 Å². The number of aromatic nitrogens is 2. The summed E-state index contributed by atoms with van der Waals surface area (Å²) in [6, 6.07) is 14.3. The van der Waals surface area contributed by atoms with Crippen LogP contribution in [0.2, 0.25) is 0 Å². The number of hydrogen-bond donors (Lipinski definition) is 2. The number of carbonyl (C=O) groups is 2. The highest BCUT2D eigenvalue weighted by Crippen LogP contribution is 2.20. The average Bonchev–Trinajstić information content (AvgIpc) is 3.45. The van der Waals surface area contributed by atoms with Crippen molar-refractivity contribution in [3.05, 3.63) is 77.9 Å². The van der Waals surface area contributed by atoms with Crippen LogP contribution in [0.5, 0.6) is 0 Å². The van der Waals surface area contributed by atoms with Crippen LogP contribution in [0, 0.1) is 5.82 Å². The van der Waals surface area contributed by atoms with Gasteiger partial charge in [-0.25, -0.2) is 4.39 Å². The molecule has 0 radical (unpaired) electrons. The van der Waals surface area contributed by atoms with Gasteiger partial charge in [0, 0.05) is 30.5 Å². The number of benzene rings is 2. The normalized spacial score (nSPS) is 15.2. The predicted molar refractivity (Wildman–Crippen MR) is 113 cm³/mol. The third kappa shape index (κ3) is 4.77. The van der Waals surface area contributed by atoms with Crippen molar-refractivity contribution in [2.24, 2.45) is 5.16 Å². The first-order valence-electron chi connectivity index (χ1n) is 9.76. The van der Waals surface area contributed by atoms with Gasteiger partial charge in [-0.3, -0.25) is 14.3 Å². The summed E-state index contributed by atoms with van der Waals surface area (Å²) >= 11 is 0. The molecule has 0 fully saturated rings.